The lowest BCUT2D eigenvalue weighted by Crippen LogP contribution is -2.32. The normalized spacial score (nSPS) is 15.5. The largest absolute Gasteiger partial charge is 0.491 e. The lowest BCUT2D eigenvalue weighted by molar-refractivity contribution is 0.0692. The number of aromatic carboxylic acids is 1. The number of aryl methyl sites for hydroxylation is 1. The topological polar surface area (TPSA) is 97.0 Å². The van der Waals surface area contributed by atoms with E-state index >= 15 is 0 Å². The van der Waals surface area contributed by atoms with Gasteiger partial charge in [-0.25, -0.2) is 13.2 Å². The number of hydrogen-bond donors (Lipinski definition) is 1. The third kappa shape index (κ3) is 2.82. The van der Waals surface area contributed by atoms with Crippen molar-refractivity contribution in [2.75, 3.05) is 13.2 Å². The van der Waals surface area contributed by atoms with E-state index in [2.05, 4.69) is 0 Å². The molecule has 0 bridgehead atoms. The Morgan fingerprint density at radius 2 is 2.13 bits per heavy atom. The van der Waals surface area contributed by atoms with Crippen LogP contribution in [0.4, 0.5) is 0 Å². The number of hydrogen-bond acceptors (Lipinski definition) is 5. The number of carboxylic acids is 1. The molecule has 0 atom stereocenters. The van der Waals surface area contributed by atoms with Crippen molar-refractivity contribution in [1.29, 1.82) is 0 Å². The standard InChI is InChI=1S/C15H15NO6S/c1-10-7-13(22-9-10)23(19,20)16-5-6-21-14-11(8-16)3-2-4-12(14)15(17)18/h2-4,7,9H,5-6,8H2,1H3,(H,17,18). The summed E-state index contributed by atoms with van der Waals surface area (Å²) in [7, 11) is -3.80. The fourth-order valence-electron chi connectivity index (χ4n) is 2.44. The summed E-state index contributed by atoms with van der Waals surface area (Å²) in [6.07, 6.45) is 1.37. The highest BCUT2D eigenvalue weighted by Crippen LogP contribution is 2.30. The van der Waals surface area contributed by atoms with E-state index in [1.165, 1.54) is 22.7 Å². The molecule has 0 radical (unpaired) electrons. The fraction of sp³-hybridized carbons (Fsp3) is 0.267. The molecule has 0 spiro atoms. The van der Waals surface area contributed by atoms with Gasteiger partial charge in [0.2, 0.25) is 5.09 Å². The van der Waals surface area contributed by atoms with Gasteiger partial charge in [-0.2, -0.15) is 4.31 Å². The Morgan fingerprint density at radius 3 is 2.78 bits per heavy atom. The molecule has 1 aliphatic rings. The zero-order valence-corrected chi connectivity index (χ0v) is 13.2. The minimum atomic E-state index is -3.80. The van der Waals surface area contributed by atoms with Gasteiger partial charge in [0.05, 0.1) is 6.26 Å². The van der Waals surface area contributed by atoms with Crippen LogP contribution in [-0.4, -0.2) is 37.0 Å². The number of benzene rings is 1. The van der Waals surface area contributed by atoms with Crippen molar-refractivity contribution in [3.8, 4) is 5.75 Å². The molecular weight excluding hydrogens is 322 g/mol. The molecule has 1 aliphatic heterocycles. The second-order valence-electron chi connectivity index (χ2n) is 5.23. The Labute approximate surface area is 133 Å². The fourth-order valence-corrected chi connectivity index (χ4v) is 3.82. The van der Waals surface area contributed by atoms with Crippen molar-refractivity contribution in [3.05, 3.63) is 47.2 Å². The van der Waals surface area contributed by atoms with E-state index in [4.69, 9.17) is 9.15 Å². The van der Waals surface area contributed by atoms with Crippen molar-refractivity contribution < 1.29 is 27.5 Å². The number of nitrogens with zero attached hydrogens (tertiary/aromatic N) is 1. The van der Waals surface area contributed by atoms with Gasteiger partial charge in [0.25, 0.3) is 10.0 Å². The van der Waals surface area contributed by atoms with Crippen LogP contribution in [0.3, 0.4) is 0 Å². The van der Waals surface area contributed by atoms with Gasteiger partial charge in [-0.15, -0.1) is 0 Å². The monoisotopic (exact) mass is 337 g/mol. The second-order valence-corrected chi connectivity index (χ2v) is 7.10. The number of para-hydroxylation sites is 1. The number of ether oxygens (including phenoxy) is 1. The molecule has 1 aromatic carbocycles. The molecule has 122 valence electrons. The maximum absolute atomic E-state index is 12.6. The average molecular weight is 337 g/mol. The van der Waals surface area contributed by atoms with E-state index in [0.717, 1.165) is 0 Å². The minimum Gasteiger partial charge on any atom is -0.491 e. The summed E-state index contributed by atoms with van der Waals surface area (Å²) in [6.45, 7) is 1.94. The molecule has 7 nitrogen and oxygen atoms in total. The first kappa shape index (κ1) is 15.6. The first-order chi connectivity index (χ1) is 10.9. The maximum Gasteiger partial charge on any atom is 0.339 e. The van der Waals surface area contributed by atoms with Crippen molar-refractivity contribution in [2.24, 2.45) is 0 Å². The Balaban J connectivity index is 1.99. The molecule has 0 fully saturated rings. The average Bonchev–Trinajstić information content (AvgIpc) is 2.82. The van der Waals surface area contributed by atoms with Crippen LogP contribution in [0.5, 0.6) is 5.75 Å². The van der Waals surface area contributed by atoms with Crippen LogP contribution in [0.15, 0.2) is 40.0 Å². The SMILES string of the molecule is Cc1coc(S(=O)(=O)N2CCOc3c(cccc3C(=O)O)C2)c1. The van der Waals surface area contributed by atoms with E-state index in [1.807, 2.05) is 0 Å². The molecule has 0 saturated heterocycles. The maximum atomic E-state index is 12.6. The quantitative estimate of drug-likeness (QED) is 0.918. The predicted molar refractivity (Wildman–Crippen MR) is 79.9 cm³/mol. The Bertz CT molecular complexity index is 855. The summed E-state index contributed by atoms with van der Waals surface area (Å²) in [5, 5.41) is 9.08. The van der Waals surface area contributed by atoms with Crippen LogP contribution >= 0.6 is 0 Å². The molecule has 1 aromatic heterocycles. The van der Waals surface area contributed by atoms with Gasteiger partial charge in [0.1, 0.15) is 17.9 Å². The van der Waals surface area contributed by atoms with Crippen LogP contribution < -0.4 is 4.74 Å². The Morgan fingerprint density at radius 1 is 1.35 bits per heavy atom. The smallest absolute Gasteiger partial charge is 0.339 e. The van der Waals surface area contributed by atoms with Crippen molar-refractivity contribution in [2.45, 2.75) is 18.6 Å². The van der Waals surface area contributed by atoms with E-state index < -0.39 is 16.0 Å². The Kier molecular flexibility index (Phi) is 3.87. The number of fused-ring (bicyclic) bond motifs is 1. The van der Waals surface area contributed by atoms with Crippen LogP contribution in [-0.2, 0) is 16.6 Å². The van der Waals surface area contributed by atoms with Gasteiger partial charge in [0.15, 0.2) is 0 Å². The summed E-state index contributed by atoms with van der Waals surface area (Å²) in [5.41, 5.74) is 1.24. The van der Waals surface area contributed by atoms with Gasteiger partial charge in [-0.05, 0) is 18.6 Å². The zero-order valence-electron chi connectivity index (χ0n) is 12.4. The molecule has 0 aliphatic carbocycles. The summed E-state index contributed by atoms with van der Waals surface area (Å²) in [4.78, 5) is 11.3. The van der Waals surface area contributed by atoms with Gasteiger partial charge in [-0.3, -0.25) is 0 Å². The first-order valence-electron chi connectivity index (χ1n) is 6.93. The highest BCUT2D eigenvalue weighted by molar-refractivity contribution is 7.89. The van der Waals surface area contributed by atoms with Crippen molar-refractivity contribution in [1.82, 2.24) is 4.31 Å². The lowest BCUT2D eigenvalue weighted by Gasteiger charge is -2.17. The van der Waals surface area contributed by atoms with E-state index in [0.29, 0.717) is 11.1 Å². The Hall–Kier alpha value is -2.32. The molecule has 1 N–H and O–H groups in total. The molecule has 3 rings (SSSR count). The highest BCUT2D eigenvalue weighted by Gasteiger charge is 2.31. The van der Waals surface area contributed by atoms with E-state index in [1.54, 1.807) is 19.1 Å². The summed E-state index contributed by atoms with van der Waals surface area (Å²) < 4.78 is 37.1. The highest BCUT2D eigenvalue weighted by atomic mass is 32.2. The van der Waals surface area contributed by atoms with Crippen molar-refractivity contribution in [3.63, 3.8) is 0 Å². The molecule has 2 heterocycles. The van der Waals surface area contributed by atoms with Gasteiger partial charge >= 0.3 is 5.97 Å². The number of carbonyl (C=O) groups is 1. The van der Waals surface area contributed by atoms with Crippen LogP contribution in [0, 0.1) is 6.92 Å². The summed E-state index contributed by atoms with van der Waals surface area (Å²) in [6, 6.07) is 6.11. The van der Waals surface area contributed by atoms with Crippen molar-refractivity contribution >= 4 is 16.0 Å². The predicted octanol–water partition coefficient (Wildman–Crippen LogP) is 1.87. The number of rotatable bonds is 3. The number of sulfonamides is 1. The van der Waals surface area contributed by atoms with Gasteiger partial charge in [-0.1, -0.05) is 12.1 Å². The first-order valence-corrected chi connectivity index (χ1v) is 8.37. The third-order valence-electron chi connectivity index (χ3n) is 3.56. The molecular formula is C15H15NO6S. The third-order valence-corrected chi connectivity index (χ3v) is 5.28. The number of carboxylic acid groups (broad SMARTS) is 1. The summed E-state index contributed by atoms with van der Waals surface area (Å²) >= 11 is 0. The van der Waals surface area contributed by atoms with E-state index in [9.17, 15) is 18.3 Å². The molecule has 8 heteroatoms. The van der Waals surface area contributed by atoms with Crippen LogP contribution in [0.2, 0.25) is 0 Å². The van der Waals surface area contributed by atoms with E-state index in [-0.39, 0.29) is 36.1 Å². The molecule has 2 aromatic rings. The zero-order chi connectivity index (χ0) is 16.6. The lowest BCUT2D eigenvalue weighted by atomic mass is 10.1. The summed E-state index contributed by atoms with van der Waals surface area (Å²) in [5.74, 6) is -0.895. The van der Waals surface area contributed by atoms with Gasteiger partial charge in [0, 0.05) is 24.7 Å². The van der Waals surface area contributed by atoms with Gasteiger partial charge < -0.3 is 14.3 Å². The molecule has 0 saturated carbocycles. The molecule has 0 unspecified atom stereocenters. The number of furan rings is 1. The minimum absolute atomic E-state index is 0.0237. The van der Waals surface area contributed by atoms with Crippen LogP contribution in [0.25, 0.3) is 0 Å². The second kappa shape index (κ2) is 5.71. The van der Waals surface area contributed by atoms with Crippen LogP contribution in [0.1, 0.15) is 21.5 Å². The molecule has 0 amide bonds. The molecule has 23 heavy (non-hydrogen) atoms.